The molecule has 0 atom stereocenters. The summed E-state index contributed by atoms with van der Waals surface area (Å²) in [6.45, 7) is 0.547. The maximum Gasteiger partial charge on any atom is 0.354 e. The van der Waals surface area contributed by atoms with Gasteiger partial charge in [0.15, 0.2) is 0 Å². The first-order valence-electron chi connectivity index (χ1n) is 6.95. The van der Waals surface area contributed by atoms with Gasteiger partial charge in [-0.2, -0.15) is 0 Å². The van der Waals surface area contributed by atoms with Crippen molar-refractivity contribution in [3.05, 3.63) is 29.6 Å². The summed E-state index contributed by atoms with van der Waals surface area (Å²) in [7, 11) is 0. The van der Waals surface area contributed by atoms with Crippen molar-refractivity contribution < 1.29 is 19.8 Å². The molecule has 1 heterocycles. The summed E-state index contributed by atoms with van der Waals surface area (Å²) >= 11 is 0. The van der Waals surface area contributed by atoms with E-state index in [4.69, 9.17) is 10.2 Å². The normalized spacial score (nSPS) is 14.3. The number of carboxylic acid groups (broad SMARTS) is 1. The standard InChI is InChI=1S/C14H19N3O4/c18-7-6-17(11-2-1-3-11)14(21)16-9-10-4-5-12(13(19)20)15-8-10/h4-5,8,11,18H,1-3,6-7,9H2,(H,16,21)(H,19,20). The lowest BCUT2D eigenvalue weighted by atomic mass is 9.92. The summed E-state index contributed by atoms with van der Waals surface area (Å²) in [5, 5.41) is 20.6. The fourth-order valence-corrected chi connectivity index (χ4v) is 2.19. The van der Waals surface area contributed by atoms with Crippen LogP contribution in [0.15, 0.2) is 18.3 Å². The quantitative estimate of drug-likeness (QED) is 0.721. The van der Waals surface area contributed by atoms with Gasteiger partial charge in [-0.1, -0.05) is 6.07 Å². The number of aliphatic hydroxyl groups is 1. The molecule has 0 saturated heterocycles. The summed E-state index contributed by atoms with van der Waals surface area (Å²) in [5.74, 6) is -1.08. The lowest BCUT2D eigenvalue weighted by Crippen LogP contribution is -2.49. The molecular weight excluding hydrogens is 274 g/mol. The van der Waals surface area contributed by atoms with E-state index in [1.165, 1.54) is 12.3 Å². The van der Waals surface area contributed by atoms with Crippen LogP contribution in [0.5, 0.6) is 0 Å². The first-order chi connectivity index (χ1) is 10.1. The molecule has 114 valence electrons. The van der Waals surface area contributed by atoms with Crippen LogP contribution in [-0.2, 0) is 6.54 Å². The number of urea groups is 1. The predicted molar refractivity (Wildman–Crippen MR) is 74.9 cm³/mol. The molecule has 2 amide bonds. The summed E-state index contributed by atoms with van der Waals surface area (Å²) < 4.78 is 0. The van der Waals surface area contributed by atoms with E-state index in [-0.39, 0.29) is 30.9 Å². The molecule has 3 N–H and O–H groups in total. The molecule has 0 aromatic carbocycles. The number of pyridine rings is 1. The Morgan fingerprint density at radius 1 is 1.38 bits per heavy atom. The lowest BCUT2D eigenvalue weighted by Gasteiger charge is -2.37. The third-order valence-electron chi connectivity index (χ3n) is 3.60. The van der Waals surface area contributed by atoms with Crippen molar-refractivity contribution in [1.29, 1.82) is 0 Å². The molecule has 1 fully saturated rings. The van der Waals surface area contributed by atoms with Gasteiger partial charge in [0.2, 0.25) is 0 Å². The Kier molecular flexibility index (Phi) is 5.10. The van der Waals surface area contributed by atoms with Crippen LogP contribution in [0.25, 0.3) is 0 Å². The molecular formula is C14H19N3O4. The summed E-state index contributed by atoms with van der Waals surface area (Å²) in [6, 6.07) is 3.03. The van der Waals surface area contributed by atoms with Gasteiger partial charge < -0.3 is 20.4 Å². The van der Waals surface area contributed by atoms with Gasteiger partial charge in [0, 0.05) is 25.3 Å². The van der Waals surface area contributed by atoms with Gasteiger partial charge in [0.1, 0.15) is 5.69 Å². The van der Waals surface area contributed by atoms with Crippen LogP contribution in [0.4, 0.5) is 4.79 Å². The highest BCUT2D eigenvalue weighted by Crippen LogP contribution is 2.24. The van der Waals surface area contributed by atoms with Crippen molar-refractivity contribution in [3.8, 4) is 0 Å². The number of rotatable bonds is 6. The lowest BCUT2D eigenvalue weighted by molar-refractivity contribution is 0.0690. The van der Waals surface area contributed by atoms with E-state index in [2.05, 4.69) is 10.3 Å². The second kappa shape index (κ2) is 7.03. The number of carbonyl (C=O) groups excluding carboxylic acids is 1. The highest BCUT2D eigenvalue weighted by molar-refractivity contribution is 5.85. The van der Waals surface area contributed by atoms with E-state index in [1.807, 2.05) is 0 Å². The van der Waals surface area contributed by atoms with Crippen LogP contribution in [0.1, 0.15) is 35.3 Å². The molecule has 1 aromatic rings. The van der Waals surface area contributed by atoms with Crippen molar-refractivity contribution >= 4 is 12.0 Å². The molecule has 0 aliphatic heterocycles. The van der Waals surface area contributed by atoms with Crippen LogP contribution < -0.4 is 5.32 Å². The number of carboxylic acids is 1. The Morgan fingerprint density at radius 3 is 2.62 bits per heavy atom. The molecule has 1 aromatic heterocycles. The van der Waals surface area contributed by atoms with Crippen LogP contribution in [-0.4, -0.2) is 51.3 Å². The molecule has 0 radical (unpaired) electrons. The summed E-state index contributed by atoms with van der Waals surface area (Å²) in [6.07, 6.45) is 4.49. The van der Waals surface area contributed by atoms with Crippen molar-refractivity contribution in [2.45, 2.75) is 31.8 Å². The molecule has 0 spiro atoms. The van der Waals surface area contributed by atoms with Gasteiger partial charge in [0.05, 0.1) is 6.61 Å². The fourth-order valence-electron chi connectivity index (χ4n) is 2.19. The maximum absolute atomic E-state index is 12.1. The number of nitrogens with zero attached hydrogens (tertiary/aromatic N) is 2. The van der Waals surface area contributed by atoms with Gasteiger partial charge in [0.25, 0.3) is 0 Å². The average molecular weight is 293 g/mol. The maximum atomic E-state index is 12.1. The molecule has 0 unspecified atom stereocenters. The van der Waals surface area contributed by atoms with Gasteiger partial charge in [-0.15, -0.1) is 0 Å². The molecule has 21 heavy (non-hydrogen) atoms. The zero-order valence-electron chi connectivity index (χ0n) is 11.7. The highest BCUT2D eigenvalue weighted by atomic mass is 16.4. The van der Waals surface area contributed by atoms with Crippen molar-refractivity contribution in [1.82, 2.24) is 15.2 Å². The third-order valence-corrected chi connectivity index (χ3v) is 3.60. The minimum atomic E-state index is -1.08. The Balaban J connectivity index is 1.88. The van der Waals surface area contributed by atoms with Gasteiger partial charge in [-0.3, -0.25) is 0 Å². The molecule has 2 rings (SSSR count). The van der Waals surface area contributed by atoms with E-state index in [9.17, 15) is 9.59 Å². The minimum Gasteiger partial charge on any atom is -0.477 e. The molecule has 1 aliphatic rings. The number of hydrogen-bond acceptors (Lipinski definition) is 4. The van der Waals surface area contributed by atoms with Gasteiger partial charge in [-0.25, -0.2) is 14.6 Å². The SMILES string of the molecule is O=C(O)c1ccc(CNC(=O)N(CCO)C2CCC2)cn1. The van der Waals surface area contributed by atoms with Crippen LogP contribution in [0.3, 0.4) is 0 Å². The van der Waals surface area contributed by atoms with E-state index in [0.717, 1.165) is 24.8 Å². The molecule has 0 bridgehead atoms. The topological polar surface area (TPSA) is 103 Å². The van der Waals surface area contributed by atoms with Crippen LogP contribution >= 0.6 is 0 Å². The average Bonchev–Trinajstić information content (AvgIpc) is 2.43. The second-order valence-electron chi connectivity index (χ2n) is 5.02. The Bertz CT molecular complexity index is 499. The number of aromatic carboxylic acids is 1. The van der Waals surface area contributed by atoms with Gasteiger partial charge in [-0.05, 0) is 30.9 Å². The first kappa shape index (κ1) is 15.2. The zero-order valence-corrected chi connectivity index (χ0v) is 11.7. The number of carbonyl (C=O) groups is 2. The Labute approximate surface area is 122 Å². The molecule has 7 heteroatoms. The van der Waals surface area contributed by atoms with E-state index >= 15 is 0 Å². The number of hydrogen-bond donors (Lipinski definition) is 3. The Hall–Kier alpha value is -2.15. The van der Waals surface area contributed by atoms with Crippen LogP contribution in [0, 0.1) is 0 Å². The largest absolute Gasteiger partial charge is 0.477 e. The van der Waals surface area contributed by atoms with Crippen molar-refractivity contribution in [2.75, 3.05) is 13.2 Å². The van der Waals surface area contributed by atoms with Crippen molar-refractivity contribution in [3.63, 3.8) is 0 Å². The molecule has 7 nitrogen and oxygen atoms in total. The first-order valence-corrected chi connectivity index (χ1v) is 6.95. The predicted octanol–water partition coefficient (Wildman–Crippen LogP) is 0.836. The van der Waals surface area contributed by atoms with Crippen molar-refractivity contribution in [2.24, 2.45) is 0 Å². The molecule has 1 saturated carbocycles. The van der Waals surface area contributed by atoms with E-state index in [0.29, 0.717) is 6.54 Å². The third kappa shape index (κ3) is 3.91. The minimum absolute atomic E-state index is 0.0264. The molecule has 1 aliphatic carbocycles. The summed E-state index contributed by atoms with van der Waals surface area (Å²) in [5.41, 5.74) is 0.701. The number of aromatic nitrogens is 1. The summed E-state index contributed by atoms with van der Waals surface area (Å²) in [4.78, 5) is 28.2. The smallest absolute Gasteiger partial charge is 0.354 e. The number of nitrogens with one attached hydrogen (secondary N) is 1. The number of aliphatic hydroxyl groups excluding tert-OH is 1. The second-order valence-corrected chi connectivity index (χ2v) is 5.02. The number of amides is 2. The Morgan fingerprint density at radius 2 is 2.14 bits per heavy atom. The highest BCUT2D eigenvalue weighted by Gasteiger charge is 2.28. The zero-order chi connectivity index (χ0) is 15.2. The monoisotopic (exact) mass is 293 g/mol. The van der Waals surface area contributed by atoms with E-state index in [1.54, 1.807) is 11.0 Å². The fraction of sp³-hybridized carbons (Fsp3) is 0.500. The van der Waals surface area contributed by atoms with E-state index < -0.39 is 5.97 Å². The van der Waals surface area contributed by atoms with Gasteiger partial charge >= 0.3 is 12.0 Å². The van der Waals surface area contributed by atoms with Crippen LogP contribution in [0.2, 0.25) is 0 Å².